The molecule has 2 aromatic rings. The largest absolute Gasteiger partial charge is 0.288 e. The van der Waals surface area contributed by atoms with Crippen LogP contribution in [0, 0.1) is 18.3 Å². The molecule has 0 bridgehead atoms. The number of hydrogen-bond donors (Lipinski definition) is 0. The van der Waals surface area contributed by atoms with Crippen LogP contribution in [0.4, 0.5) is 0 Å². The molecule has 14 heavy (non-hydrogen) atoms. The minimum atomic E-state index is 0.600. The molecule has 0 aliphatic heterocycles. The standard InChI is InChI=1S/C10H8N4/c1-8-12-4-5-14(8)10-6-9(7-11)2-3-13-10/h2-6H,1H3. The summed E-state index contributed by atoms with van der Waals surface area (Å²) in [6.07, 6.45) is 5.14. The first-order valence-electron chi connectivity index (χ1n) is 4.18. The van der Waals surface area contributed by atoms with Crippen molar-refractivity contribution in [1.29, 1.82) is 5.26 Å². The zero-order valence-corrected chi connectivity index (χ0v) is 7.68. The maximum absolute atomic E-state index is 8.73. The normalized spacial score (nSPS) is 9.71. The third-order valence-electron chi connectivity index (χ3n) is 1.95. The summed E-state index contributed by atoms with van der Waals surface area (Å²) >= 11 is 0. The van der Waals surface area contributed by atoms with Gasteiger partial charge < -0.3 is 0 Å². The van der Waals surface area contributed by atoms with Crippen molar-refractivity contribution in [3.05, 3.63) is 42.1 Å². The molecule has 0 amide bonds. The Balaban J connectivity index is 2.53. The monoisotopic (exact) mass is 184 g/mol. The van der Waals surface area contributed by atoms with E-state index >= 15 is 0 Å². The number of aromatic nitrogens is 3. The van der Waals surface area contributed by atoms with Crippen molar-refractivity contribution in [3.8, 4) is 11.9 Å². The van der Waals surface area contributed by atoms with E-state index in [0.717, 1.165) is 11.6 Å². The smallest absolute Gasteiger partial charge is 0.139 e. The highest BCUT2D eigenvalue weighted by Gasteiger charge is 2.01. The van der Waals surface area contributed by atoms with Gasteiger partial charge in [0.15, 0.2) is 0 Å². The highest BCUT2D eigenvalue weighted by atomic mass is 15.1. The molecule has 2 rings (SSSR count). The van der Waals surface area contributed by atoms with E-state index in [-0.39, 0.29) is 0 Å². The Morgan fingerprint density at radius 1 is 1.36 bits per heavy atom. The first-order chi connectivity index (χ1) is 6.81. The number of imidazole rings is 1. The van der Waals surface area contributed by atoms with E-state index < -0.39 is 0 Å². The van der Waals surface area contributed by atoms with Crippen LogP contribution in [0.2, 0.25) is 0 Å². The molecule has 4 nitrogen and oxygen atoms in total. The van der Waals surface area contributed by atoms with Gasteiger partial charge in [-0.25, -0.2) is 9.97 Å². The van der Waals surface area contributed by atoms with E-state index in [1.807, 2.05) is 17.7 Å². The summed E-state index contributed by atoms with van der Waals surface area (Å²) in [6.45, 7) is 1.89. The zero-order chi connectivity index (χ0) is 9.97. The summed E-state index contributed by atoms with van der Waals surface area (Å²) in [7, 11) is 0. The van der Waals surface area contributed by atoms with Crippen molar-refractivity contribution in [2.24, 2.45) is 0 Å². The molecule has 2 aromatic heterocycles. The number of rotatable bonds is 1. The Hall–Kier alpha value is -2.15. The summed E-state index contributed by atoms with van der Waals surface area (Å²) in [4.78, 5) is 8.25. The summed E-state index contributed by atoms with van der Waals surface area (Å²) in [6, 6.07) is 5.48. The van der Waals surface area contributed by atoms with Gasteiger partial charge in [0.25, 0.3) is 0 Å². The van der Waals surface area contributed by atoms with Crippen LogP contribution in [0.15, 0.2) is 30.7 Å². The first-order valence-corrected chi connectivity index (χ1v) is 4.18. The Kier molecular flexibility index (Phi) is 1.99. The van der Waals surface area contributed by atoms with E-state index in [1.54, 1.807) is 24.5 Å². The van der Waals surface area contributed by atoms with Crippen LogP contribution in [0.25, 0.3) is 5.82 Å². The van der Waals surface area contributed by atoms with E-state index in [0.29, 0.717) is 5.56 Å². The van der Waals surface area contributed by atoms with E-state index in [1.165, 1.54) is 0 Å². The van der Waals surface area contributed by atoms with Gasteiger partial charge >= 0.3 is 0 Å². The fourth-order valence-electron chi connectivity index (χ4n) is 1.24. The van der Waals surface area contributed by atoms with Crippen molar-refractivity contribution >= 4 is 0 Å². The minimum absolute atomic E-state index is 0.600. The van der Waals surface area contributed by atoms with Gasteiger partial charge in [0.1, 0.15) is 11.6 Å². The second kappa shape index (κ2) is 3.30. The number of pyridine rings is 1. The average molecular weight is 184 g/mol. The van der Waals surface area contributed by atoms with Crippen molar-refractivity contribution < 1.29 is 0 Å². The molecular formula is C10H8N4. The number of aryl methyl sites for hydroxylation is 1. The van der Waals surface area contributed by atoms with Crippen molar-refractivity contribution in [3.63, 3.8) is 0 Å². The molecule has 0 spiro atoms. The van der Waals surface area contributed by atoms with Crippen LogP contribution in [0.5, 0.6) is 0 Å². The summed E-state index contributed by atoms with van der Waals surface area (Å²) in [5.41, 5.74) is 0.600. The van der Waals surface area contributed by atoms with Crippen molar-refractivity contribution in [1.82, 2.24) is 14.5 Å². The molecule has 2 heterocycles. The maximum Gasteiger partial charge on any atom is 0.139 e. The molecule has 0 N–H and O–H groups in total. The van der Waals surface area contributed by atoms with Crippen LogP contribution < -0.4 is 0 Å². The van der Waals surface area contributed by atoms with Crippen LogP contribution in [0.1, 0.15) is 11.4 Å². The topological polar surface area (TPSA) is 54.5 Å². The molecule has 0 aliphatic rings. The molecule has 0 radical (unpaired) electrons. The molecule has 0 aliphatic carbocycles. The third-order valence-corrected chi connectivity index (χ3v) is 1.95. The molecular weight excluding hydrogens is 176 g/mol. The van der Waals surface area contributed by atoms with E-state index in [4.69, 9.17) is 5.26 Å². The van der Waals surface area contributed by atoms with Crippen molar-refractivity contribution in [2.45, 2.75) is 6.92 Å². The van der Waals surface area contributed by atoms with Gasteiger partial charge in [0.05, 0.1) is 11.6 Å². The predicted octanol–water partition coefficient (Wildman–Crippen LogP) is 1.45. The lowest BCUT2D eigenvalue weighted by atomic mass is 10.3. The predicted molar refractivity (Wildman–Crippen MR) is 50.8 cm³/mol. The maximum atomic E-state index is 8.73. The molecule has 0 aromatic carbocycles. The molecule has 0 unspecified atom stereocenters. The zero-order valence-electron chi connectivity index (χ0n) is 7.68. The lowest BCUT2D eigenvalue weighted by Crippen LogP contribution is -1.98. The average Bonchev–Trinajstić information content (AvgIpc) is 2.65. The third kappa shape index (κ3) is 1.36. The second-order valence-electron chi connectivity index (χ2n) is 2.86. The fraction of sp³-hybridized carbons (Fsp3) is 0.100. The van der Waals surface area contributed by atoms with Gasteiger partial charge in [-0.2, -0.15) is 5.26 Å². The Morgan fingerprint density at radius 3 is 2.86 bits per heavy atom. The van der Waals surface area contributed by atoms with Crippen LogP contribution >= 0.6 is 0 Å². The van der Waals surface area contributed by atoms with Gasteiger partial charge in [-0.05, 0) is 19.1 Å². The van der Waals surface area contributed by atoms with Gasteiger partial charge in [0.2, 0.25) is 0 Å². The lowest BCUT2D eigenvalue weighted by molar-refractivity contribution is 0.931. The number of nitriles is 1. The lowest BCUT2D eigenvalue weighted by Gasteiger charge is -2.02. The Bertz CT molecular complexity index is 493. The molecule has 0 fully saturated rings. The number of hydrogen-bond acceptors (Lipinski definition) is 3. The van der Waals surface area contributed by atoms with Gasteiger partial charge in [0, 0.05) is 18.6 Å². The molecule has 0 saturated heterocycles. The SMILES string of the molecule is Cc1nccn1-c1cc(C#N)ccn1. The summed E-state index contributed by atoms with van der Waals surface area (Å²) in [5.74, 6) is 1.58. The van der Waals surface area contributed by atoms with Crippen LogP contribution in [-0.4, -0.2) is 14.5 Å². The highest BCUT2D eigenvalue weighted by Crippen LogP contribution is 2.08. The summed E-state index contributed by atoms with van der Waals surface area (Å²) in [5, 5.41) is 8.73. The first kappa shape index (κ1) is 8.45. The molecule has 0 saturated carbocycles. The highest BCUT2D eigenvalue weighted by molar-refractivity contribution is 5.35. The van der Waals surface area contributed by atoms with Crippen molar-refractivity contribution in [2.75, 3.05) is 0 Å². The Labute approximate surface area is 81.5 Å². The van der Waals surface area contributed by atoms with Crippen LogP contribution in [-0.2, 0) is 0 Å². The van der Waals surface area contributed by atoms with Gasteiger partial charge in [-0.3, -0.25) is 4.57 Å². The quantitative estimate of drug-likeness (QED) is 0.674. The van der Waals surface area contributed by atoms with Crippen LogP contribution in [0.3, 0.4) is 0 Å². The fourth-order valence-corrected chi connectivity index (χ4v) is 1.24. The number of nitrogens with zero attached hydrogens (tertiary/aromatic N) is 4. The van der Waals surface area contributed by atoms with Gasteiger partial charge in [-0.1, -0.05) is 0 Å². The van der Waals surface area contributed by atoms with Gasteiger partial charge in [-0.15, -0.1) is 0 Å². The summed E-state index contributed by atoms with van der Waals surface area (Å²) < 4.78 is 1.83. The molecule has 0 atom stereocenters. The van der Waals surface area contributed by atoms with E-state index in [9.17, 15) is 0 Å². The second-order valence-corrected chi connectivity index (χ2v) is 2.86. The Morgan fingerprint density at radius 2 is 2.21 bits per heavy atom. The minimum Gasteiger partial charge on any atom is -0.288 e. The molecule has 68 valence electrons. The molecule has 4 heteroatoms. The van der Waals surface area contributed by atoms with E-state index in [2.05, 4.69) is 16.0 Å².